The minimum Gasteiger partial charge on any atom is -0.355 e. The van der Waals surface area contributed by atoms with Gasteiger partial charge in [0.15, 0.2) is 0 Å². The van der Waals surface area contributed by atoms with E-state index in [1.807, 2.05) is 23.7 Å². The second-order valence-corrected chi connectivity index (χ2v) is 8.19. The topological polar surface area (TPSA) is 76.0 Å². The fraction of sp³-hybridized carbons (Fsp3) is 0.174. The van der Waals surface area contributed by atoms with E-state index in [1.165, 1.54) is 23.5 Å². The first kappa shape index (κ1) is 20.7. The first-order valence-electron chi connectivity index (χ1n) is 9.75. The van der Waals surface area contributed by atoms with Gasteiger partial charge in [0.2, 0.25) is 0 Å². The Morgan fingerprint density at radius 3 is 2.58 bits per heavy atom. The molecule has 31 heavy (non-hydrogen) atoms. The summed E-state index contributed by atoms with van der Waals surface area (Å²) in [6.07, 6.45) is 0. The van der Waals surface area contributed by atoms with Crippen LogP contribution in [-0.2, 0) is 13.1 Å². The van der Waals surface area contributed by atoms with Crippen molar-refractivity contribution in [2.75, 3.05) is 7.05 Å². The van der Waals surface area contributed by atoms with Gasteiger partial charge in [0, 0.05) is 24.5 Å². The van der Waals surface area contributed by atoms with E-state index in [0.29, 0.717) is 23.5 Å². The number of carbonyl (C=O) groups is 2. The van der Waals surface area contributed by atoms with Crippen molar-refractivity contribution in [3.63, 3.8) is 0 Å². The highest BCUT2D eigenvalue weighted by atomic mass is 32.1. The number of nitrogens with one attached hydrogen (secondary N) is 2. The van der Waals surface area contributed by atoms with Gasteiger partial charge >= 0.3 is 0 Å². The number of rotatable bonds is 6. The molecule has 0 radical (unpaired) electrons. The molecule has 6 nitrogen and oxygen atoms in total. The van der Waals surface area contributed by atoms with E-state index in [1.54, 1.807) is 37.4 Å². The van der Waals surface area contributed by atoms with E-state index >= 15 is 0 Å². The van der Waals surface area contributed by atoms with E-state index in [-0.39, 0.29) is 17.6 Å². The van der Waals surface area contributed by atoms with Crippen LogP contribution >= 0.6 is 11.3 Å². The molecule has 0 aliphatic rings. The summed E-state index contributed by atoms with van der Waals surface area (Å²) in [5, 5.41) is 11.0. The van der Waals surface area contributed by atoms with Gasteiger partial charge in [-0.2, -0.15) is 5.10 Å². The number of amides is 2. The van der Waals surface area contributed by atoms with Crippen molar-refractivity contribution < 1.29 is 14.0 Å². The maximum Gasteiger partial charge on any atom is 0.261 e. The molecule has 0 aliphatic heterocycles. The van der Waals surface area contributed by atoms with Crippen LogP contribution in [0.4, 0.5) is 4.39 Å². The van der Waals surface area contributed by atoms with Crippen LogP contribution in [0.15, 0.2) is 54.6 Å². The summed E-state index contributed by atoms with van der Waals surface area (Å²) in [5.74, 6) is -0.625. The average molecular weight is 437 g/mol. The molecular formula is C23H21FN4O2S. The van der Waals surface area contributed by atoms with Gasteiger partial charge in [-0.3, -0.25) is 14.3 Å². The monoisotopic (exact) mass is 436 g/mol. The molecule has 2 aromatic heterocycles. The molecule has 8 heteroatoms. The Bertz CT molecular complexity index is 1260. The first-order valence-corrected chi connectivity index (χ1v) is 10.6. The van der Waals surface area contributed by atoms with Crippen molar-refractivity contribution in [2.24, 2.45) is 0 Å². The molecule has 0 saturated heterocycles. The highest BCUT2D eigenvalue weighted by molar-refractivity contribution is 7.20. The van der Waals surface area contributed by atoms with Crippen LogP contribution in [0.1, 0.15) is 36.9 Å². The average Bonchev–Trinajstić information content (AvgIpc) is 3.34. The van der Waals surface area contributed by atoms with Gasteiger partial charge in [-0.25, -0.2) is 4.39 Å². The molecule has 0 atom stereocenters. The number of halogens is 1. The van der Waals surface area contributed by atoms with Crippen LogP contribution in [0.5, 0.6) is 0 Å². The van der Waals surface area contributed by atoms with Gasteiger partial charge in [-0.15, -0.1) is 11.3 Å². The smallest absolute Gasteiger partial charge is 0.261 e. The largest absolute Gasteiger partial charge is 0.355 e. The Kier molecular flexibility index (Phi) is 5.81. The van der Waals surface area contributed by atoms with Crippen LogP contribution in [0.25, 0.3) is 10.2 Å². The highest BCUT2D eigenvalue weighted by Gasteiger charge is 2.16. The van der Waals surface area contributed by atoms with Crippen molar-refractivity contribution in [1.82, 2.24) is 20.4 Å². The van der Waals surface area contributed by atoms with Gasteiger partial charge in [0.05, 0.1) is 17.1 Å². The number of benzene rings is 2. The van der Waals surface area contributed by atoms with Gasteiger partial charge < -0.3 is 10.6 Å². The van der Waals surface area contributed by atoms with Gasteiger partial charge in [0.1, 0.15) is 10.6 Å². The quantitative estimate of drug-likeness (QED) is 0.482. The summed E-state index contributed by atoms with van der Waals surface area (Å²) in [6, 6.07) is 15.3. The molecule has 2 amide bonds. The summed E-state index contributed by atoms with van der Waals surface area (Å²) >= 11 is 1.37. The Hall–Kier alpha value is -3.52. The summed E-state index contributed by atoms with van der Waals surface area (Å²) in [5.41, 5.74) is 3.16. The molecule has 0 unspecified atom stereocenters. The molecule has 4 aromatic rings. The van der Waals surface area contributed by atoms with Crippen molar-refractivity contribution >= 4 is 33.4 Å². The predicted molar refractivity (Wildman–Crippen MR) is 119 cm³/mol. The molecule has 0 bridgehead atoms. The summed E-state index contributed by atoms with van der Waals surface area (Å²) < 4.78 is 15.0. The number of carbonyl (C=O) groups excluding carboxylic acids is 2. The Balaban J connectivity index is 1.50. The third-order valence-electron chi connectivity index (χ3n) is 4.95. The lowest BCUT2D eigenvalue weighted by Crippen LogP contribution is -2.22. The van der Waals surface area contributed by atoms with Crippen LogP contribution in [0, 0.1) is 12.7 Å². The Morgan fingerprint density at radius 2 is 1.84 bits per heavy atom. The number of nitrogens with zero attached hydrogens (tertiary/aromatic N) is 2. The number of aromatic nitrogens is 2. The minimum atomic E-state index is -0.276. The molecular weight excluding hydrogens is 415 g/mol. The Labute approximate surface area is 182 Å². The summed E-state index contributed by atoms with van der Waals surface area (Å²) in [4.78, 5) is 26.0. The highest BCUT2D eigenvalue weighted by Crippen LogP contribution is 2.29. The molecule has 2 heterocycles. The maximum atomic E-state index is 13.2. The van der Waals surface area contributed by atoms with Crippen LogP contribution < -0.4 is 10.6 Å². The van der Waals surface area contributed by atoms with Crippen molar-refractivity contribution in [2.45, 2.75) is 20.0 Å². The molecule has 0 fully saturated rings. The van der Waals surface area contributed by atoms with Crippen LogP contribution in [0.3, 0.4) is 0 Å². The van der Waals surface area contributed by atoms with Crippen molar-refractivity contribution in [3.05, 3.63) is 87.7 Å². The third-order valence-corrected chi connectivity index (χ3v) is 6.09. The van der Waals surface area contributed by atoms with Gasteiger partial charge in [-0.05, 0) is 48.4 Å². The molecule has 4 rings (SSSR count). The van der Waals surface area contributed by atoms with E-state index in [4.69, 9.17) is 0 Å². The lowest BCUT2D eigenvalue weighted by atomic mass is 10.1. The standard InChI is InChI=1S/C23H21FN4O2S/c1-14-19-11-20(22(30)26-12-16-4-3-5-17(10-16)21(29)25-2)31-23(19)28(27-14)13-15-6-8-18(24)9-7-15/h3-11H,12-13H2,1-2H3,(H,25,29)(H,26,30). The van der Waals surface area contributed by atoms with Crippen LogP contribution in [0.2, 0.25) is 0 Å². The second-order valence-electron chi connectivity index (χ2n) is 7.16. The number of hydrogen-bond donors (Lipinski definition) is 2. The van der Waals surface area contributed by atoms with Crippen molar-refractivity contribution in [1.29, 1.82) is 0 Å². The lowest BCUT2D eigenvalue weighted by Gasteiger charge is -2.06. The zero-order valence-electron chi connectivity index (χ0n) is 17.1. The zero-order valence-corrected chi connectivity index (χ0v) is 17.9. The van der Waals surface area contributed by atoms with E-state index in [2.05, 4.69) is 15.7 Å². The number of hydrogen-bond acceptors (Lipinski definition) is 4. The zero-order chi connectivity index (χ0) is 22.0. The predicted octanol–water partition coefficient (Wildman–Crippen LogP) is 3.88. The number of thiophene rings is 1. The lowest BCUT2D eigenvalue weighted by molar-refractivity contribution is 0.0952. The molecule has 0 saturated carbocycles. The fourth-order valence-electron chi connectivity index (χ4n) is 3.33. The molecule has 0 aliphatic carbocycles. The first-order chi connectivity index (χ1) is 14.9. The SMILES string of the molecule is CNC(=O)c1cccc(CNC(=O)c2cc3c(C)nn(Cc4ccc(F)cc4)c3s2)c1. The molecule has 2 aromatic carbocycles. The fourth-order valence-corrected chi connectivity index (χ4v) is 4.41. The van der Waals surface area contributed by atoms with Crippen LogP contribution in [-0.4, -0.2) is 28.6 Å². The minimum absolute atomic E-state index is 0.168. The molecule has 158 valence electrons. The van der Waals surface area contributed by atoms with E-state index < -0.39 is 0 Å². The number of aryl methyl sites for hydroxylation is 1. The van der Waals surface area contributed by atoms with E-state index in [9.17, 15) is 14.0 Å². The van der Waals surface area contributed by atoms with Gasteiger partial charge in [0.25, 0.3) is 11.8 Å². The Morgan fingerprint density at radius 1 is 1.06 bits per heavy atom. The maximum absolute atomic E-state index is 13.2. The normalized spacial score (nSPS) is 10.9. The molecule has 2 N–H and O–H groups in total. The summed E-state index contributed by atoms with van der Waals surface area (Å²) in [6.45, 7) is 2.72. The molecule has 0 spiro atoms. The van der Waals surface area contributed by atoms with Crippen molar-refractivity contribution in [3.8, 4) is 0 Å². The second kappa shape index (κ2) is 8.69. The summed E-state index contributed by atoms with van der Waals surface area (Å²) in [7, 11) is 1.58. The third kappa shape index (κ3) is 4.49. The van der Waals surface area contributed by atoms with E-state index in [0.717, 1.165) is 27.0 Å². The van der Waals surface area contributed by atoms with Gasteiger partial charge in [-0.1, -0.05) is 24.3 Å². The number of fused-ring (bicyclic) bond motifs is 1.